The second kappa shape index (κ2) is 7.76. The molecule has 3 aromatic carbocycles. The normalized spacial score (nSPS) is 15.0. The van der Waals surface area contributed by atoms with Gasteiger partial charge in [0.2, 0.25) is 5.76 Å². The Hall–Kier alpha value is -3.86. The second-order valence-electron chi connectivity index (χ2n) is 7.61. The minimum atomic E-state index is -0.575. The van der Waals surface area contributed by atoms with Crippen LogP contribution >= 0.6 is 0 Å². The molecular formula is C26H21NO4. The molecule has 4 aromatic rings. The number of carbonyl (C=O) groups is 1. The van der Waals surface area contributed by atoms with Crippen LogP contribution in [0.1, 0.15) is 45.8 Å². The number of benzene rings is 3. The van der Waals surface area contributed by atoms with E-state index < -0.39 is 6.04 Å². The fourth-order valence-corrected chi connectivity index (χ4v) is 3.95. The Labute approximate surface area is 179 Å². The standard InChI is InChI=1S/C26H21NO4/c1-2-16-11-12-21-20(13-16)24(28)22-23(27-26(29)25(22)31-21)18-9-6-10-19(14-18)30-15-17-7-4-3-5-8-17/h3-14,23H,2,15H2,1H3,(H,27,29). The van der Waals surface area contributed by atoms with Gasteiger partial charge in [-0.3, -0.25) is 9.59 Å². The van der Waals surface area contributed by atoms with Gasteiger partial charge in [0.25, 0.3) is 5.91 Å². The second-order valence-corrected chi connectivity index (χ2v) is 7.61. The molecule has 0 saturated heterocycles. The van der Waals surface area contributed by atoms with E-state index in [-0.39, 0.29) is 17.1 Å². The van der Waals surface area contributed by atoms with Gasteiger partial charge in [0.1, 0.15) is 17.9 Å². The number of rotatable bonds is 5. The maximum atomic E-state index is 13.3. The van der Waals surface area contributed by atoms with Crippen molar-refractivity contribution in [2.45, 2.75) is 26.0 Å². The van der Waals surface area contributed by atoms with E-state index in [1.165, 1.54) is 0 Å². The molecule has 1 amide bonds. The predicted molar refractivity (Wildman–Crippen MR) is 118 cm³/mol. The van der Waals surface area contributed by atoms with Crippen molar-refractivity contribution in [3.63, 3.8) is 0 Å². The topological polar surface area (TPSA) is 68.5 Å². The van der Waals surface area contributed by atoms with Crippen LogP contribution in [0.25, 0.3) is 11.0 Å². The SMILES string of the molecule is CCc1ccc2oc3c(c(=O)c2c1)C(c1cccc(OCc2ccccc2)c1)NC3=O. The van der Waals surface area contributed by atoms with E-state index in [4.69, 9.17) is 9.15 Å². The number of fused-ring (bicyclic) bond motifs is 2. The lowest BCUT2D eigenvalue weighted by Crippen LogP contribution is -2.22. The number of hydrogen-bond donors (Lipinski definition) is 1. The largest absolute Gasteiger partial charge is 0.489 e. The molecule has 1 N–H and O–H groups in total. The van der Waals surface area contributed by atoms with Crippen LogP contribution in [0.15, 0.2) is 82.0 Å². The van der Waals surface area contributed by atoms with Crippen molar-refractivity contribution < 1.29 is 13.9 Å². The van der Waals surface area contributed by atoms with E-state index in [0.29, 0.717) is 28.9 Å². The summed E-state index contributed by atoms with van der Waals surface area (Å²) >= 11 is 0. The summed E-state index contributed by atoms with van der Waals surface area (Å²) in [5, 5.41) is 3.39. The van der Waals surface area contributed by atoms with Crippen LogP contribution in [0.5, 0.6) is 5.75 Å². The molecule has 2 heterocycles. The third-order valence-electron chi connectivity index (χ3n) is 5.61. The van der Waals surface area contributed by atoms with Crippen LogP contribution in [0, 0.1) is 0 Å². The quantitative estimate of drug-likeness (QED) is 0.514. The number of ether oxygens (including phenoxy) is 1. The molecule has 0 bridgehead atoms. The van der Waals surface area contributed by atoms with Crippen LogP contribution in [0.3, 0.4) is 0 Å². The molecule has 154 valence electrons. The lowest BCUT2D eigenvalue weighted by molar-refractivity contribution is 0.0938. The van der Waals surface area contributed by atoms with Crippen molar-refractivity contribution in [3.05, 3.63) is 111 Å². The predicted octanol–water partition coefficient (Wildman–Crippen LogP) is 4.77. The average Bonchev–Trinajstić information content (AvgIpc) is 3.15. The number of hydrogen-bond acceptors (Lipinski definition) is 4. The molecule has 5 rings (SSSR count). The van der Waals surface area contributed by atoms with Crippen LogP contribution in [-0.4, -0.2) is 5.91 Å². The number of amides is 1. The van der Waals surface area contributed by atoms with E-state index in [1.807, 2.05) is 73.7 Å². The maximum Gasteiger partial charge on any atom is 0.288 e. The summed E-state index contributed by atoms with van der Waals surface area (Å²) in [4.78, 5) is 25.9. The zero-order valence-electron chi connectivity index (χ0n) is 17.1. The molecule has 0 aliphatic carbocycles. The summed E-state index contributed by atoms with van der Waals surface area (Å²) in [7, 11) is 0. The van der Waals surface area contributed by atoms with Gasteiger partial charge in [-0.2, -0.15) is 0 Å². The molecule has 5 heteroatoms. The minimum absolute atomic E-state index is 0.0855. The van der Waals surface area contributed by atoms with E-state index >= 15 is 0 Å². The van der Waals surface area contributed by atoms with Gasteiger partial charge in [-0.05, 0) is 47.4 Å². The molecule has 1 aliphatic heterocycles. The molecule has 1 aromatic heterocycles. The monoisotopic (exact) mass is 411 g/mol. The van der Waals surface area contributed by atoms with Gasteiger partial charge < -0.3 is 14.5 Å². The molecule has 0 spiro atoms. The first-order valence-electron chi connectivity index (χ1n) is 10.3. The van der Waals surface area contributed by atoms with Gasteiger partial charge in [0, 0.05) is 0 Å². The van der Waals surface area contributed by atoms with Gasteiger partial charge >= 0.3 is 0 Å². The summed E-state index contributed by atoms with van der Waals surface area (Å²) in [6.07, 6.45) is 0.813. The molecule has 1 aliphatic rings. The van der Waals surface area contributed by atoms with E-state index in [2.05, 4.69) is 5.32 Å². The van der Waals surface area contributed by atoms with Gasteiger partial charge in [-0.1, -0.05) is 55.5 Å². The van der Waals surface area contributed by atoms with Crippen molar-refractivity contribution in [3.8, 4) is 5.75 Å². The Bertz CT molecular complexity index is 1340. The molecule has 1 atom stereocenters. The first-order valence-corrected chi connectivity index (χ1v) is 10.3. The fourth-order valence-electron chi connectivity index (χ4n) is 3.95. The Morgan fingerprint density at radius 1 is 0.935 bits per heavy atom. The number of carbonyl (C=O) groups excluding carboxylic acids is 1. The average molecular weight is 411 g/mol. The van der Waals surface area contributed by atoms with E-state index in [1.54, 1.807) is 6.07 Å². The van der Waals surface area contributed by atoms with Gasteiger partial charge in [-0.15, -0.1) is 0 Å². The van der Waals surface area contributed by atoms with Gasteiger partial charge in [-0.25, -0.2) is 0 Å². The highest BCUT2D eigenvalue weighted by molar-refractivity contribution is 5.99. The molecule has 1 unspecified atom stereocenters. The lowest BCUT2D eigenvalue weighted by atomic mass is 9.98. The van der Waals surface area contributed by atoms with Crippen LogP contribution in [0.4, 0.5) is 0 Å². The number of nitrogens with one attached hydrogen (secondary N) is 1. The maximum absolute atomic E-state index is 13.3. The van der Waals surface area contributed by atoms with Crippen LogP contribution in [0.2, 0.25) is 0 Å². The van der Waals surface area contributed by atoms with Crippen molar-refractivity contribution >= 4 is 16.9 Å². The third kappa shape index (κ3) is 3.48. The highest BCUT2D eigenvalue weighted by Gasteiger charge is 2.36. The zero-order valence-corrected chi connectivity index (χ0v) is 17.1. The summed E-state index contributed by atoms with van der Waals surface area (Å²) in [5.74, 6) is 0.374. The first kappa shape index (κ1) is 19.1. The van der Waals surface area contributed by atoms with Crippen LogP contribution < -0.4 is 15.5 Å². The molecular weight excluding hydrogens is 390 g/mol. The molecule has 5 nitrogen and oxygen atoms in total. The van der Waals surface area contributed by atoms with Crippen molar-refractivity contribution in [1.82, 2.24) is 5.32 Å². The summed E-state index contributed by atoms with van der Waals surface area (Å²) in [6.45, 7) is 2.47. The molecule has 0 fully saturated rings. The summed E-state index contributed by atoms with van der Waals surface area (Å²) in [6, 6.07) is 22.3. The third-order valence-corrected chi connectivity index (χ3v) is 5.61. The Kier molecular flexibility index (Phi) is 4.79. The van der Waals surface area contributed by atoms with Crippen molar-refractivity contribution in [2.75, 3.05) is 0 Å². The summed E-state index contributed by atoms with van der Waals surface area (Å²) < 4.78 is 11.8. The first-order chi connectivity index (χ1) is 15.1. The minimum Gasteiger partial charge on any atom is -0.489 e. The van der Waals surface area contributed by atoms with E-state index in [0.717, 1.165) is 23.1 Å². The zero-order chi connectivity index (χ0) is 21.4. The van der Waals surface area contributed by atoms with E-state index in [9.17, 15) is 9.59 Å². The fraction of sp³-hybridized carbons (Fsp3) is 0.154. The van der Waals surface area contributed by atoms with Crippen molar-refractivity contribution in [2.24, 2.45) is 0 Å². The number of aryl methyl sites for hydroxylation is 1. The molecule has 0 saturated carbocycles. The Balaban J connectivity index is 1.52. The lowest BCUT2D eigenvalue weighted by Gasteiger charge is -2.14. The highest BCUT2D eigenvalue weighted by Crippen LogP contribution is 2.32. The molecule has 0 radical (unpaired) electrons. The molecule has 31 heavy (non-hydrogen) atoms. The van der Waals surface area contributed by atoms with Crippen LogP contribution in [-0.2, 0) is 13.0 Å². The highest BCUT2D eigenvalue weighted by atomic mass is 16.5. The Morgan fingerprint density at radius 2 is 1.77 bits per heavy atom. The summed E-state index contributed by atoms with van der Waals surface area (Å²) in [5.41, 5.74) is 3.49. The van der Waals surface area contributed by atoms with Gasteiger partial charge in [0.05, 0.1) is 17.0 Å². The van der Waals surface area contributed by atoms with Crippen molar-refractivity contribution in [1.29, 1.82) is 0 Å². The van der Waals surface area contributed by atoms with Gasteiger partial charge in [0.15, 0.2) is 5.43 Å². The Morgan fingerprint density at radius 3 is 2.58 bits per heavy atom. The smallest absolute Gasteiger partial charge is 0.288 e.